The van der Waals surface area contributed by atoms with Gasteiger partial charge in [0.05, 0.1) is 17.7 Å². The summed E-state index contributed by atoms with van der Waals surface area (Å²) >= 11 is 0. The van der Waals surface area contributed by atoms with E-state index in [1.54, 1.807) is 12.1 Å². The first-order chi connectivity index (χ1) is 9.00. The molecule has 0 amide bonds. The van der Waals surface area contributed by atoms with Gasteiger partial charge < -0.3 is 10.8 Å². The highest BCUT2D eigenvalue weighted by Gasteiger charge is 2.30. The van der Waals surface area contributed by atoms with E-state index in [9.17, 15) is 9.50 Å². The van der Waals surface area contributed by atoms with Crippen molar-refractivity contribution in [3.05, 3.63) is 35.1 Å². The maximum atomic E-state index is 13.5. The van der Waals surface area contributed by atoms with Gasteiger partial charge in [-0.3, -0.25) is 4.90 Å². The second kappa shape index (κ2) is 5.70. The first-order valence-electron chi connectivity index (χ1n) is 6.42. The molecule has 0 radical (unpaired) electrons. The first kappa shape index (κ1) is 14.0. The molecule has 3 nitrogen and oxygen atoms in total. The zero-order chi connectivity index (χ0) is 13.9. The Morgan fingerprint density at radius 3 is 2.95 bits per heavy atom. The lowest BCUT2D eigenvalue weighted by Crippen LogP contribution is -2.29. The molecule has 102 valence electrons. The minimum absolute atomic E-state index is 0.221. The van der Waals surface area contributed by atoms with Crippen LogP contribution in [0.3, 0.4) is 0 Å². The number of hydrogen-bond donors (Lipinski definition) is 2. The maximum absolute atomic E-state index is 13.5. The van der Waals surface area contributed by atoms with Crippen molar-refractivity contribution in [3.8, 4) is 11.8 Å². The molecule has 1 heterocycles. The largest absolute Gasteiger partial charge is 0.389 e. The summed E-state index contributed by atoms with van der Waals surface area (Å²) in [7, 11) is 0. The molecule has 3 N–H and O–H groups in total. The zero-order valence-electron chi connectivity index (χ0n) is 11.1. The number of rotatable bonds is 2. The minimum Gasteiger partial charge on any atom is -0.389 e. The fourth-order valence-electron chi connectivity index (χ4n) is 2.34. The molecule has 1 atom stereocenters. The number of β-amino-alcohol motifs (C(OH)–C–C–N with tert-alkyl or cyclic N) is 1. The van der Waals surface area contributed by atoms with E-state index in [2.05, 4.69) is 16.7 Å². The molecule has 0 aliphatic carbocycles. The van der Waals surface area contributed by atoms with Crippen LogP contribution in [0.2, 0.25) is 0 Å². The van der Waals surface area contributed by atoms with Crippen LogP contribution in [0.5, 0.6) is 0 Å². The van der Waals surface area contributed by atoms with Gasteiger partial charge in [-0.15, -0.1) is 0 Å². The number of nitrogens with zero attached hydrogens (tertiary/aromatic N) is 1. The van der Waals surface area contributed by atoms with Crippen molar-refractivity contribution in [2.24, 2.45) is 5.73 Å². The van der Waals surface area contributed by atoms with Crippen LogP contribution in [0.1, 0.15) is 24.5 Å². The number of hydrogen-bond acceptors (Lipinski definition) is 3. The van der Waals surface area contributed by atoms with Crippen LogP contribution >= 0.6 is 0 Å². The van der Waals surface area contributed by atoms with Crippen molar-refractivity contribution < 1.29 is 9.50 Å². The van der Waals surface area contributed by atoms with E-state index < -0.39 is 5.60 Å². The van der Waals surface area contributed by atoms with Gasteiger partial charge in [0.2, 0.25) is 0 Å². The van der Waals surface area contributed by atoms with E-state index in [1.165, 1.54) is 6.07 Å². The highest BCUT2D eigenvalue weighted by atomic mass is 19.1. The molecule has 1 aromatic rings. The maximum Gasteiger partial charge on any atom is 0.138 e. The molecule has 1 aliphatic heterocycles. The Bertz CT molecular complexity index is 517. The summed E-state index contributed by atoms with van der Waals surface area (Å²) in [6.07, 6.45) is 0.772. The van der Waals surface area contributed by atoms with Gasteiger partial charge in [0.15, 0.2) is 0 Å². The molecular formula is C15H19FN2O. The molecule has 1 fully saturated rings. The molecule has 1 aromatic carbocycles. The molecule has 4 heteroatoms. The summed E-state index contributed by atoms with van der Waals surface area (Å²) in [5.74, 6) is 5.08. The standard InChI is InChI=1S/C15H19FN2O/c1-15(19)6-8-18(11-15)10-12-4-5-14(16)13(9-12)3-2-7-17/h4-5,9,19H,6-8,10-11,17H2,1H3. The third-order valence-corrected chi connectivity index (χ3v) is 3.29. The van der Waals surface area contributed by atoms with Crippen molar-refractivity contribution in [1.29, 1.82) is 0 Å². The summed E-state index contributed by atoms with van der Waals surface area (Å²) in [6.45, 7) is 4.27. The van der Waals surface area contributed by atoms with Crippen molar-refractivity contribution in [1.82, 2.24) is 4.90 Å². The molecule has 0 bridgehead atoms. The van der Waals surface area contributed by atoms with Gasteiger partial charge in [-0.1, -0.05) is 17.9 Å². The Hall–Kier alpha value is -1.41. The second-order valence-electron chi connectivity index (χ2n) is 5.28. The third kappa shape index (κ3) is 3.77. The van der Waals surface area contributed by atoms with E-state index in [4.69, 9.17) is 5.73 Å². The monoisotopic (exact) mass is 262 g/mol. The number of aliphatic hydroxyl groups is 1. The first-order valence-corrected chi connectivity index (χ1v) is 6.42. The summed E-state index contributed by atoms with van der Waals surface area (Å²) in [5.41, 5.74) is 6.07. The van der Waals surface area contributed by atoms with Gasteiger partial charge in [-0.2, -0.15) is 0 Å². The van der Waals surface area contributed by atoms with E-state index in [0.29, 0.717) is 18.7 Å². The van der Waals surface area contributed by atoms with Crippen LogP contribution in [0.15, 0.2) is 18.2 Å². The van der Waals surface area contributed by atoms with Crippen LogP contribution in [-0.2, 0) is 6.54 Å². The van der Waals surface area contributed by atoms with Crippen LogP contribution in [0, 0.1) is 17.7 Å². The van der Waals surface area contributed by atoms with Crippen molar-refractivity contribution in [2.45, 2.75) is 25.5 Å². The molecule has 19 heavy (non-hydrogen) atoms. The average Bonchev–Trinajstić information content (AvgIpc) is 2.69. The highest BCUT2D eigenvalue weighted by molar-refractivity contribution is 5.38. The SMILES string of the molecule is CC1(O)CCN(Cc2ccc(F)c(C#CCN)c2)C1. The number of halogens is 1. The van der Waals surface area contributed by atoms with Gasteiger partial charge >= 0.3 is 0 Å². The van der Waals surface area contributed by atoms with Gasteiger partial charge in [-0.05, 0) is 31.0 Å². The predicted molar refractivity (Wildman–Crippen MR) is 72.9 cm³/mol. The molecular weight excluding hydrogens is 243 g/mol. The lowest BCUT2D eigenvalue weighted by Gasteiger charge is -2.18. The van der Waals surface area contributed by atoms with Crippen molar-refractivity contribution in [2.75, 3.05) is 19.6 Å². The minimum atomic E-state index is -0.609. The molecule has 2 rings (SSSR count). The van der Waals surface area contributed by atoms with Crippen LogP contribution in [0.4, 0.5) is 4.39 Å². The fraction of sp³-hybridized carbons (Fsp3) is 0.467. The van der Waals surface area contributed by atoms with Crippen molar-refractivity contribution in [3.63, 3.8) is 0 Å². The average molecular weight is 262 g/mol. The highest BCUT2D eigenvalue weighted by Crippen LogP contribution is 2.22. The summed E-state index contributed by atoms with van der Waals surface area (Å²) in [5, 5.41) is 9.92. The lowest BCUT2D eigenvalue weighted by molar-refractivity contribution is 0.0679. The predicted octanol–water partition coefficient (Wildman–Crippen LogP) is 1.09. The summed E-state index contributed by atoms with van der Waals surface area (Å²) < 4.78 is 13.5. The van der Waals surface area contributed by atoms with E-state index in [-0.39, 0.29) is 12.4 Å². The molecule has 1 unspecified atom stereocenters. The number of likely N-dealkylation sites (tertiary alicyclic amines) is 1. The van der Waals surface area contributed by atoms with E-state index in [0.717, 1.165) is 18.5 Å². The Morgan fingerprint density at radius 2 is 2.32 bits per heavy atom. The smallest absolute Gasteiger partial charge is 0.138 e. The third-order valence-electron chi connectivity index (χ3n) is 3.29. The number of nitrogens with two attached hydrogens (primary N) is 1. The van der Waals surface area contributed by atoms with Crippen LogP contribution < -0.4 is 5.73 Å². The molecule has 0 saturated carbocycles. The molecule has 1 saturated heterocycles. The Kier molecular flexibility index (Phi) is 4.20. The van der Waals surface area contributed by atoms with Gasteiger partial charge in [0.25, 0.3) is 0 Å². The van der Waals surface area contributed by atoms with Gasteiger partial charge in [0.1, 0.15) is 5.82 Å². The topological polar surface area (TPSA) is 49.5 Å². The summed E-state index contributed by atoms with van der Waals surface area (Å²) in [4.78, 5) is 2.16. The second-order valence-corrected chi connectivity index (χ2v) is 5.28. The van der Waals surface area contributed by atoms with E-state index in [1.807, 2.05) is 6.92 Å². The Morgan fingerprint density at radius 1 is 1.53 bits per heavy atom. The quantitative estimate of drug-likeness (QED) is 0.785. The molecule has 0 aromatic heterocycles. The Balaban J connectivity index is 2.09. The number of benzene rings is 1. The van der Waals surface area contributed by atoms with Gasteiger partial charge in [0, 0.05) is 19.6 Å². The van der Waals surface area contributed by atoms with Crippen molar-refractivity contribution >= 4 is 0 Å². The fourth-order valence-corrected chi connectivity index (χ4v) is 2.34. The molecule has 0 spiro atoms. The Labute approximate surface area is 113 Å². The van der Waals surface area contributed by atoms with Gasteiger partial charge in [-0.25, -0.2) is 4.39 Å². The normalized spacial score (nSPS) is 23.2. The summed E-state index contributed by atoms with van der Waals surface area (Å²) in [6, 6.07) is 4.95. The van der Waals surface area contributed by atoms with Crippen LogP contribution in [0.25, 0.3) is 0 Å². The van der Waals surface area contributed by atoms with Crippen LogP contribution in [-0.4, -0.2) is 35.2 Å². The lowest BCUT2D eigenvalue weighted by atomic mass is 10.1. The molecule has 1 aliphatic rings. The van der Waals surface area contributed by atoms with E-state index >= 15 is 0 Å². The zero-order valence-corrected chi connectivity index (χ0v) is 11.1.